The molecule has 0 N–H and O–H groups in total. The van der Waals surface area contributed by atoms with E-state index in [1.165, 1.54) is 16.7 Å². The Kier molecular flexibility index (Phi) is 31.6. The summed E-state index contributed by atoms with van der Waals surface area (Å²) in [5, 5.41) is 64.7. The van der Waals surface area contributed by atoms with Crippen LogP contribution >= 0.6 is 0 Å². The molecule has 0 aliphatic rings. The standard InChI is InChI=1S/C28H27N4.C24H16N5.C24H19N4.C23H17N4.4Ir/c1-18(2)23-11-8-12-24(19(3)4)26(23)32-27(22-15-13-21(17-29)14-16-22)30-31-28(32)25-10-7-6-9-20(25)5;1-16-8-7-9-17(2)22(16)29-23(18-10-5-4-6-11-18)27-28-24(29)21-14-20(26-3)13-12-19(21)15-25;1-16-13-17(2)22(18(3)14-16)28-23(19-9-5-4-6-10-19)26-27-24(28)21-12-8-7-11-20(21)15-25;1-16-14-19(24-3)15-17(2)21(16)23-26-25-22(18-10-6-4-7-11-18)27(23)20-12-8-5-9-13-20;;;;/h6-15,18-19H,1-5H3;4-10,12-14H,1-2H3;4-9,11-14H,1-3H3;4-10,12-15H,1-2H3;;;;/q4*-1;;;;. The second-order valence-electron chi connectivity index (χ2n) is 28.6. The van der Waals surface area contributed by atoms with Crippen LogP contribution in [0, 0.1) is 127 Å². The van der Waals surface area contributed by atoms with Gasteiger partial charge in [-0.25, -0.2) is 15.0 Å². The summed E-state index contributed by atoms with van der Waals surface area (Å²) >= 11 is 0. The molecule has 4 aromatic heterocycles. The number of para-hydroxylation sites is 3. The summed E-state index contributed by atoms with van der Waals surface area (Å²) in [5.74, 6) is 6.21. The first kappa shape index (κ1) is 91.2. The molecule has 16 aromatic rings. The van der Waals surface area contributed by atoms with Gasteiger partial charge in [-0.15, -0.1) is 158 Å². The fourth-order valence-corrected chi connectivity index (χ4v) is 14.5. The summed E-state index contributed by atoms with van der Waals surface area (Å²) in [6.07, 6.45) is 0. The van der Waals surface area contributed by atoms with Crippen LogP contribution in [-0.2, 0) is 80.4 Å². The minimum Gasteiger partial charge on any atom is -0.316 e. The Labute approximate surface area is 755 Å². The van der Waals surface area contributed by atoms with Gasteiger partial charge in [0.25, 0.3) is 0 Å². The summed E-state index contributed by atoms with van der Waals surface area (Å²) < 4.78 is 8.25. The third-order valence-electron chi connectivity index (χ3n) is 19.8. The summed E-state index contributed by atoms with van der Waals surface area (Å²) in [6, 6.07) is 99.6. The molecule has 120 heavy (non-hydrogen) atoms. The molecular formula is C99H79Ir4N17-4. The second-order valence-corrected chi connectivity index (χ2v) is 28.6. The Bertz CT molecular complexity index is 6420. The van der Waals surface area contributed by atoms with Crippen LogP contribution in [0.1, 0.15) is 112 Å². The van der Waals surface area contributed by atoms with Gasteiger partial charge in [-0.1, -0.05) is 172 Å². The maximum atomic E-state index is 9.65. The number of nitrogens with zero attached hydrogens (tertiary/aromatic N) is 17. The van der Waals surface area contributed by atoms with E-state index < -0.39 is 0 Å². The zero-order valence-corrected chi connectivity index (χ0v) is 77.3. The Hall–Kier alpha value is -12.8. The van der Waals surface area contributed by atoms with Crippen molar-refractivity contribution in [3.8, 4) is 132 Å². The zero-order valence-electron chi connectivity index (χ0n) is 67.8. The molecule has 600 valence electrons. The molecule has 21 heteroatoms. The smallest absolute Gasteiger partial charge is 0.188 e. The Morgan fingerprint density at radius 1 is 0.325 bits per heavy atom. The van der Waals surface area contributed by atoms with E-state index in [2.05, 4.69) is 200 Å². The van der Waals surface area contributed by atoms with Crippen molar-refractivity contribution in [3.63, 3.8) is 0 Å². The number of aromatic nitrogens is 12. The molecule has 0 aliphatic carbocycles. The van der Waals surface area contributed by atoms with Crippen LogP contribution in [0.3, 0.4) is 0 Å². The average molecular weight is 2280 g/mol. The molecule has 0 fully saturated rings. The molecule has 0 bridgehead atoms. The second kappa shape index (κ2) is 41.6. The number of hydrogen-bond donors (Lipinski definition) is 0. The van der Waals surface area contributed by atoms with E-state index >= 15 is 0 Å². The van der Waals surface area contributed by atoms with E-state index in [4.69, 9.17) is 13.1 Å². The first-order chi connectivity index (χ1) is 56.3. The van der Waals surface area contributed by atoms with E-state index in [-0.39, 0.29) is 80.4 Å². The molecule has 0 saturated carbocycles. The summed E-state index contributed by atoms with van der Waals surface area (Å²) in [4.78, 5) is 7.07. The van der Waals surface area contributed by atoms with Gasteiger partial charge in [0.2, 0.25) is 0 Å². The molecule has 17 nitrogen and oxygen atoms in total. The molecule has 0 spiro atoms. The van der Waals surface area contributed by atoms with Gasteiger partial charge in [-0.2, -0.15) is 30.9 Å². The SMILES string of the molecule is Cc1cc(C)c(-n2c(-c3[c-]cccc3)nnc2-c2ccccc2C#N)c(C)c1.Cc1ccccc1-c1nnc(-c2[c-]cc(C#N)cc2)n1-c1c(C(C)C)cccc1C(C)C.[C-]#[N+]c1cc(C)c(-c2nnc(-c3[c-]cccc3)n2-c2ccccc2)c(C)c1.[C-]#[N+]c1ccc(C#N)c(-c2nnc(-c3[c-]cccc3)n2-c2c(C)cccc2C)c1.[Ir].[Ir].[Ir].[Ir]. The van der Waals surface area contributed by atoms with E-state index in [9.17, 15) is 15.8 Å². The van der Waals surface area contributed by atoms with Gasteiger partial charge in [-0.3, -0.25) is 0 Å². The number of rotatable bonds is 14. The van der Waals surface area contributed by atoms with Gasteiger partial charge in [0.15, 0.2) is 34.7 Å². The quantitative estimate of drug-likeness (QED) is 0.0937. The normalized spacial score (nSPS) is 10.3. The van der Waals surface area contributed by atoms with Gasteiger partial charge in [0.05, 0.1) is 59.7 Å². The number of benzene rings is 12. The molecule has 16 rings (SSSR count). The van der Waals surface area contributed by atoms with Gasteiger partial charge in [0, 0.05) is 131 Å². The maximum absolute atomic E-state index is 9.65. The first-order valence-electron chi connectivity index (χ1n) is 37.8. The van der Waals surface area contributed by atoms with Crippen LogP contribution in [0.15, 0.2) is 249 Å². The Morgan fingerprint density at radius 2 is 0.733 bits per heavy atom. The van der Waals surface area contributed by atoms with Crippen molar-refractivity contribution >= 4 is 11.4 Å². The molecule has 4 radical (unpaired) electrons. The summed E-state index contributed by atoms with van der Waals surface area (Å²) in [6.45, 7) is 40.0. The van der Waals surface area contributed by atoms with Gasteiger partial charge in [0.1, 0.15) is 0 Å². The van der Waals surface area contributed by atoms with E-state index in [1.807, 2.05) is 207 Å². The van der Waals surface area contributed by atoms with Crippen LogP contribution in [0.2, 0.25) is 0 Å². The van der Waals surface area contributed by atoms with Gasteiger partial charge < -0.3 is 18.3 Å². The van der Waals surface area contributed by atoms with E-state index in [1.54, 1.807) is 36.4 Å². The average Bonchev–Trinajstić information content (AvgIpc) is 1.37. The predicted molar refractivity (Wildman–Crippen MR) is 457 cm³/mol. The molecule has 0 saturated heterocycles. The molecule has 0 aliphatic heterocycles. The number of aryl methyl sites for hydroxylation is 8. The van der Waals surface area contributed by atoms with Gasteiger partial charge >= 0.3 is 0 Å². The van der Waals surface area contributed by atoms with Crippen LogP contribution in [0.5, 0.6) is 0 Å². The van der Waals surface area contributed by atoms with Crippen LogP contribution in [0.25, 0.3) is 124 Å². The summed E-state index contributed by atoms with van der Waals surface area (Å²) in [5.41, 5.74) is 24.8. The fourth-order valence-electron chi connectivity index (χ4n) is 14.5. The van der Waals surface area contributed by atoms with Crippen molar-refractivity contribution in [2.24, 2.45) is 0 Å². The zero-order chi connectivity index (χ0) is 81.7. The van der Waals surface area contributed by atoms with Gasteiger partial charge in [-0.05, 0) is 142 Å². The van der Waals surface area contributed by atoms with Crippen LogP contribution in [-0.4, -0.2) is 59.1 Å². The van der Waals surface area contributed by atoms with Crippen LogP contribution < -0.4 is 0 Å². The van der Waals surface area contributed by atoms with E-state index in [0.717, 1.165) is 124 Å². The fraction of sp³-hybridized carbons (Fsp3) is 0.141. The van der Waals surface area contributed by atoms with Crippen molar-refractivity contribution < 1.29 is 80.4 Å². The van der Waals surface area contributed by atoms with Crippen molar-refractivity contribution in [1.82, 2.24) is 59.1 Å². The Morgan fingerprint density at radius 3 is 1.20 bits per heavy atom. The van der Waals surface area contributed by atoms with Crippen molar-refractivity contribution in [3.05, 3.63) is 368 Å². The minimum atomic E-state index is 0. The first-order valence-corrected chi connectivity index (χ1v) is 37.8. The number of nitriles is 3. The third-order valence-corrected chi connectivity index (χ3v) is 19.8. The van der Waals surface area contributed by atoms with Crippen molar-refractivity contribution in [2.45, 2.75) is 94.9 Å². The Balaban J connectivity index is 0.000000180. The molecule has 0 amide bonds. The van der Waals surface area contributed by atoms with Crippen molar-refractivity contribution in [2.75, 3.05) is 0 Å². The third kappa shape index (κ3) is 19.5. The van der Waals surface area contributed by atoms with E-state index in [0.29, 0.717) is 68.8 Å². The topological polar surface area (TPSA) is 203 Å². The van der Waals surface area contributed by atoms with Crippen LogP contribution in [0.4, 0.5) is 11.4 Å². The predicted octanol–water partition coefficient (Wildman–Crippen LogP) is 23.0. The van der Waals surface area contributed by atoms with Crippen molar-refractivity contribution in [1.29, 1.82) is 15.8 Å². The summed E-state index contributed by atoms with van der Waals surface area (Å²) in [7, 11) is 0. The molecule has 0 atom stereocenters. The molecule has 12 aromatic carbocycles. The minimum absolute atomic E-state index is 0. The molecular weight excluding hydrogens is 2200 g/mol. The largest absolute Gasteiger partial charge is 0.316 e. The molecule has 0 unspecified atom stereocenters. The number of hydrogen-bond acceptors (Lipinski definition) is 11. The maximum Gasteiger partial charge on any atom is 0.188 e. The molecule has 4 heterocycles. The monoisotopic (exact) mass is 2280 g/mol.